The van der Waals surface area contributed by atoms with Gasteiger partial charge in [0.1, 0.15) is 0 Å². The van der Waals surface area contributed by atoms with Crippen LogP contribution in [-0.4, -0.2) is 11.8 Å². The second-order valence-electron chi connectivity index (χ2n) is 5.65. The van der Waals surface area contributed by atoms with E-state index in [2.05, 4.69) is 36.6 Å². The third kappa shape index (κ3) is 4.83. The number of rotatable bonds is 5. The van der Waals surface area contributed by atoms with Crippen molar-refractivity contribution in [2.45, 2.75) is 56.4 Å². The van der Waals surface area contributed by atoms with Gasteiger partial charge in [-0.2, -0.15) is 0 Å². The lowest BCUT2D eigenvalue weighted by molar-refractivity contribution is 0.346. The lowest BCUT2D eigenvalue weighted by atomic mass is 9.93. The number of thioether (sulfide) groups is 1. The van der Waals surface area contributed by atoms with Crippen molar-refractivity contribution >= 4 is 11.8 Å². The molecule has 1 aliphatic carbocycles. The number of hydrogen-bond acceptors (Lipinski definition) is 3. The zero-order valence-corrected chi connectivity index (χ0v) is 12.7. The average Bonchev–Trinajstić information content (AvgIpc) is 2.71. The molecule has 0 aliphatic heterocycles. The Bertz CT molecular complexity index is 356. The smallest absolute Gasteiger partial charge is 0.0332 e. The largest absolute Gasteiger partial charge is 0.271 e. The molecule has 106 valence electrons. The van der Waals surface area contributed by atoms with Gasteiger partial charge in [-0.1, -0.05) is 43.4 Å². The third-order valence-corrected chi connectivity index (χ3v) is 5.26. The molecule has 1 aliphatic rings. The maximum atomic E-state index is 5.78. The Morgan fingerprint density at radius 3 is 2.37 bits per heavy atom. The van der Waals surface area contributed by atoms with Crippen LogP contribution < -0.4 is 11.3 Å². The first-order chi connectivity index (χ1) is 9.29. The minimum Gasteiger partial charge on any atom is -0.271 e. The predicted octanol–water partition coefficient (Wildman–Crippen LogP) is 3.89. The predicted molar refractivity (Wildman–Crippen MR) is 84.2 cm³/mol. The van der Waals surface area contributed by atoms with Gasteiger partial charge in [0.05, 0.1) is 0 Å². The molecular formula is C16H26N2S. The van der Waals surface area contributed by atoms with Crippen LogP contribution in [0.2, 0.25) is 0 Å². The van der Waals surface area contributed by atoms with E-state index in [1.165, 1.54) is 49.0 Å². The minimum atomic E-state index is 0.449. The van der Waals surface area contributed by atoms with Crippen LogP contribution in [0, 0.1) is 12.8 Å². The van der Waals surface area contributed by atoms with Crippen LogP contribution >= 0.6 is 11.8 Å². The van der Waals surface area contributed by atoms with Crippen molar-refractivity contribution in [1.82, 2.24) is 5.43 Å². The van der Waals surface area contributed by atoms with E-state index in [0.717, 1.165) is 11.7 Å². The summed E-state index contributed by atoms with van der Waals surface area (Å²) in [7, 11) is 0. The molecule has 3 N–H and O–H groups in total. The highest BCUT2D eigenvalue weighted by Crippen LogP contribution is 2.28. The molecule has 19 heavy (non-hydrogen) atoms. The molecule has 2 rings (SSSR count). The summed E-state index contributed by atoms with van der Waals surface area (Å²) in [6.07, 6.45) is 8.22. The van der Waals surface area contributed by atoms with Gasteiger partial charge in [-0.25, -0.2) is 0 Å². The Morgan fingerprint density at radius 2 is 1.79 bits per heavy atom. The van der Waals surface area contributed by atoms with E-state index in [1.54, 1.807) is 0 Å². The highest BCUT2D eigenvalue weighted by atomic mass is 32.2. The standard InChI is InChI=1S/C16H26N2S/c1-13-8-10-15(11-9-13)19-12-16(18-17)14-6-4-2-3-5-7-14/h8-11,14,16,18H,2-7,12,17H2,1H3. The SMILES string of the molecule is Cc1ccc(SCC(NN)C2CCCCCC2)cc1. The molecule has 0 amide bonds. The van der Waals surface area contributed by atoms with Crippen LogP contribution in [-0.2, 0) is 0 Å². The summed E-state index contributed by atoms with van der Waals surface area (Å²) in [5.74, 6) is 7.61. The zero-order chi connectivity index (χ0) is 13.5. The number of hydrazine groups is 1. The highest BCUT2D eigenvalue weighted by Gasteiger charge is 2.21. The molecular weight excluding hydrogens is 252 g/mol. The first kappa shape index (κ1) is 14.9. The number of nitrogens with one attached hydrogen (secondary N) is 1. The van der Waals surface area contributed by atoms with E-state index in [1.807, 2.05) is 11.8 Å². The fourth-order valence-electron chi connectivity index (χ4n) is 2.85. The van der Waals surface area contributed by atoms with E-state index >= 15 is 0 Å². The Hall–Kier alpha value is -0.510. The van der Waals surface area contributed by atoms with Crippen molar-refractivity contribution in [2.75, 3.05) is 5.75 Å². The summed E-state index contributed by atoms with van der Waals surface area (Å²) >= 11 is 1.92. The summed E-state index contributed by atoms with van der Waals surface area (Å²) in [6.45, 7) is 2.13. The molecule has 1 unspecified atom stereocenters. The Morgan fingerprint density at radius 1 is 1.16 bits per heavy atom. The van der Waals surface area contributed by atoms with Crippen LogP contribution in [0.5, 0.6) is 0 Å². The van der Waals surface area contributed by atoms with E-state index in [9.17, 15) is 0 Å². The fraction of sp³-hybridized carbons (Fsp3) is 0.625. The molecule has 0 bridgehead atoms. The monoisotopic (exact) mass is 278 g/mol. The van der Waals surface area contributed by atoms with Gasteiger partial charge in [-0.3, -0.25) is 11.3 Å². The molecule has 0 aromatic heterocycles. The van der Waals surface area contributed by atoms with Crippen molar-refractivity contribution in [3.63, 3.8) is 0 Å². The maximum Gasteiger partial charge on any atom is 0.0332 e. The molecule has 3 heteroatoms. The summed E-state index contributed by atoms with van der Waals surface area (Å²) < 4.78 is 0. The Kier molecular flexibility index (Phi) is 6.21. The molecule has 0 saturated heterocycles. The quantitative estimate of drug-likeness (QED) is 0.371. The minimum absolute atomic E-state index is 0.449. The number of benzene rings is 1. The Balaban J connectivity index is 1.85. The second-order valence-corrected chi connectivity index (χ2v) is 6.74. The van der Waals surface area contributed by atoms with Gasteiger partial charge in [-0.05, 0) is 37.8 Å². The summed E-state index contributed by atoms with van der Waals surface area (Å²) in [4.78, 5) is 1.35. The van der Waals surface area contributed by atoms with Crippen molar-refractivity contribution in [3.8, 4) is 0 Å². The normalized spacial score (nSPS) is 19.1. The third-order valence-electron chi connectivity index (χ3n) is 4.13. The highest BCUT2D eigenvalue weighted by molar-refractivity contribution is 7.99. The van der Waals surface area contributed by atoms with Gasteiger partial charge in [0.2, 0.25) is 0 Å². The van der Waals surface area contributed by atoms with E-state index in [4.69, 9.17) is 5.84 Å². The van der Waals surface area contributed by atoms with E-state index in [0.29, 0.717) is 6.04 Å². The van der Waals surface area contributed by atoms with Gasteiger partial charge < -0.3 is 0 Å². The number of hydrogen-bond donors (Lipinski definition) is 2. The molecule has 1 aromatic carbocycles. The Labute approximate surface area is 121 Å². The van der Waals surface area contributed by atoms with Crippen LogP contribution in [0.3, 0.4) is 0 Å². The molecule has 1 atom stereocenters. The molecule has 1 saturated carbocycles. The van der Waals surface area contributed by atoms with Crippen molar-refractivity contribution < 1.29 is 0 Å². The van der Waals surface area contributed by atoms with Crippen molar-refractivity contribution in [2.24, 2.45) is 11.8 Å². The van der Waals surface area contributed by atoms with Gasteiger partial charge >= 0.3 is 0 Å². The number of nitrogens with two attached hydrogens (primary N) is 1. The van der Waals surface area contributed by atoms with Gasteiger partial charge in [-0.15, -0.1) is 11.8 Å². The molecule has 0 heterocycles. The van der Waals surface area contributed by atoms with Gasteiger partial charge in [0, 0.05) is 16.7 Å². The molecule has 0 spiro atoms. The lowest BCUT2D eigenvalue weighted by Crippen LogP contribution is -2.42. The maximum absolute atomic E-state index is 5.78. The number of aryl methyl sites for hydroxylation is 1. The van der Waals surface area contributed by atoms with Crippen LogP contribution in [0.25, 0.3) is 0 Å². The molecule has 1 fully saturated rings. The van der Waals surface area contributed by atoms with E-state index in [-0.39, 0.29) is 0 Å². The summed E-state index contributed by atoms with van der Waals surface area (Å²) in [5, 5.41) is 0. The summed E-state index contributed by atoms with van der Waals surface area (Å²) in [6, 6.07) is 9.23. The zero-order valence-electron chi connectivity index (χ0n) is 11.9. The van der Waals surface area contributed by atoms with Crippen molar-refractivity contribution in [3.05, 3.63) is 29.8 Å². The summed E-state index contributed by atoms with van der Waals surface area (Å²) in [5.41, 5.74) is 4.38. The van der Waals surface area contributed by atoms with Gasteiger partial charge in [0.25, 0.3) is 0 Å². The first-order valence-electron chi connectivity index (χ1n) is 7.45. The van der Waals surface area contributed by atoms with Crippen molar-refractivity contribution in [1.29, 1.82) is 0 Å². The molecule has 2 nitrogen and oxygen atoms in total. The fourth-order valence-corrected chi connectivity index (χ4v) is 3.92. The van der Waals surface area contributed by atoms with Crippen LogP contribution in [0.1, 0.15) is 44.1 Å². The van der Waals surface area contributed by atoms with E-state index < -0.39 is 0 Å². The van der Waals surface area contributed by atoms with Crippen LogP contribution in [0.4, 0.5) is 0 Å². The van der Waals surface area contributed by atoms with Gasteiger partial charge in [0.15, 0.2) is 0 Å². The molecule has 1 aromatic rings. The lowest BCUT2D eigenvalue weighted by Gasteiger charge is -2.25. The first-order valence-corrected chi connectivity index (χ1v) is 8.44. The van der Waals surface area contributed by atoms with Crippen LogP contribution in [0.15, 0.2) is 29.2 Å². The average molecular weight is 278 g/mol. The topological polar surface area (TPSA) is 38.0 Å². The molecule has 0 radical (unpaired) electrons. The second kappa shape index (κ2) is 7.93.